The van der Waals surface area contributed by atoms with Crippen LogP contribution in [0.3, 0.4) is 0 Å². The molecule has 0 saturated carbocycles. The third kappa shape index (κ3) is 3.63. The minimum Gasteiger partial charge on any atom is -0.324 e. The second kappa shape index (κ2) is 5.94. The van der Waals surface area contributed by atoms with Gasteiger partial charge in [-0.05, 0) is 47.9 Å². The normalized spacial score (nSPS) is 12.4. The summed E-state index contributed by atoms with van der Waals surface area (Å²) in [5.41, 5.74) is 8.17. The topological polar surface area (TPSA) is 26.0 Å². The van der Waals surface area contributed by atoms with Crippen LogP contribution in [0, 0.1) is 0 Å². The van der Waals surface area contributed by atoms with Crippen LogP contribution in [0.4, 0.5) is 0 Å². The van der Waals surface area contributed by atoms with Crippen molar-refractivity contribution in [1.82, 2.24) is 0 Å². The fourth-order valence-corrected chi connectivity index (χ4v) is 2.58. The smallest absolute Gasteiger partial charge is 0.0424 e. The molecule has 18 heavy (non-hydrogen) atoms. The predicted octanol–water partition coefficient (Wildman–Crippen LogP) is 4.89. The molecule has 0 radical (unpaired) electrons. The van der Waals surface area contributed by atoms with Gasteiger partial charge in [-0.1, -0.05) is 46.9 Å². The van der Waals surface area contributed by atoms with Gasteiger partial charge in [-0.2, -0.15) is 0 Å². The highest BCUT2D eigenvalue weighted by atomic mass is 35.5. The fourth-order valence-electron chi connectivity index (χ4n) is 1.82. The first-order valence-electron chi connectivity index (χ1n) is 5.50. The van der Waals surface area contributed by atoms with E-state index in [-0.39, 0.29) is 6.04 Å². The SMILES string of the molecule is NC(Cc1cccc(Cl)c1)c1cc(Cl)cc(Cl)c1. The molecule has 0 aliphatic heterocycles. The zero-order chi connectivity index (χ0) is 13.1. The van der Waals surface area contributed by atoms with Crippen LogP contribution >= 0.6 is 34.8 Å². The number of benzene rings is 2. The Balaban J connectivity index is 2.19. The molecule has 0 fully saturated rings. The zero-order valence-electron chi connectivity index (χ0n) is 9.54. The molecule has 0 bridgehead atoms. The van der Waals surface area contributed by atoms with Crippen molar-refractivity contribution in [3.8, 4) is 0 Å². The maximum Gasteiger partial charge on any atom is 0.0424 e. The third-order valence-corrected chi connectivity index (χ3v) is 3.33. The van der Waals surface area contributed by atoms with Crippen LogP contribution in [0.25, 0.3) is 0 Å². The lowest BCUT2D eigenvalue weighted by Crippen LogP contribution is -2.13. The molecule has 0 aliphatic carbocycles. The zero-order valence-corrected chi connectivity index (χ0v) is 11.8. The summed E-state index contributed by atoms with van der Waals surface area (Å²) in [6.45, 7) is 0. The molecule has 2 aromatic carbocycles. The molecule has 4 heteroatoms. The molecule has 0 aromatic heterocycles. The van der Waals surface area contributed by atoms with Crippen molar-refractivity contribution in [1.29, 1.82) is 0 Å². The minimum atomic E-state index is -0.153. The van der Waals surface area contributed by atoms with E-state index in [2.05, 4.69) is 0 Å². The van der Waals surface area contributed by atoms with Gasteiger partial charge in [0.25, 0.3) is 0 Å². The van der Waals surface area contributed by atoms with Gasteiger partial charge in [-0.15, -0.1) is 0 Å². The molecular weight excluding hydrogens is 289 g/mol. The lowest BCUT2D eigenvalue weighted by atomic mass is 10.00. The summed E-state index contributed by atoms with van der Waals surface area (Å²) in [7, 11) is 0. The van der Waals surface area contributed by atoms with Crippen LogP contribution in [0.1, 0.15) is 17.2 Å². The van der Waals surface area contributed by atoms with Gasteiger partial charge >= 0.3 is 0 Å². The summed E-state index contributed by atoms with van der Waals surface area (Å²) in [4.78, 5) is 0. The number of hydrogen-bond donors (Lipinski definition) is 1. The van der Waals surface area contributed by atoms with Crippen LogP contribution < -0.4 is 5.73 Å². The van der Waals surface area contributed by atoms with Gasteiger partial charge in [0.05, 0.1) is 0 Å². The first-order chi connectivity index (χ1) is 8.54. The summed E-state index contributed by atoms with van der Waals surface area (Å²) in [5, 5.41) is 1.90. The predicted molar refractivity (Wildman–Crippen MR) is 78.5 cm³/mol. The second-order valence-corrected chi connectivity index (χ2v) is 5.45. The lowest BCUT2D eigenvalue weighted by molar-refractivity contribution is 0.722. The van der Waals surface area contributed by atoms with E-state index in [0.29, 0.717) is 21.5 Å². The molecule has 2 N–H and O–H groups in total. The fraction of sp³-hybridized carbons (Fsp3) is 0.143. The van der Waals surface area contributed by atoms with Crippen LogP contribution in [0.15, 0.2) is 42.5 Å². The molecule has 0 amide bonds. The molecular formula is C14H12Cl3N. The van der Waals surface area contributed by atoms with E-state index in [9.17, 15) is 0 Å². The van der Waals surface area contributed by atoms with Gasteiger partial charge in [0.2, 0.25) is 0 Å². The van der Waals surface area contributed by atoms with Gasteiger partial charge < -0.3 is 5.73 Å². The highest BCUT2D eigenvalue weighted by Crippen LogP contribution is 2.25. The first kappa shape index (κ1) is 13.7. The Morgan fingerprint density at radius 3 is 2.17 bits per heavy atom. The Bertz CT molecular complexity index is 534. The summed E-state index contributed by atoms with van der Waals surface area (Å²) in [6.07, 6.45) is 0.692. The lowest BCUT2D eigenvalue weighted by Gasteiger charge is -2.13. The first-order valence-corrected chi connectivity index (χ1v) is 6.64. The van der Waals surface area contributed by atoms with Crippen molar-refractivity contribution in [2.24, 2.45) is 5.73 Å². The molecule has 1 atom stereocenters. The van der Waals surface area contributed by atoms with Gasteiger partial charge in [0, 0.05) is 21.1 Å². The quantitative estimate of drug-likeness (QED) is 0.858. The molecule has 0 spiro atoms. The van der Waals surface area contributed by atoms with Crippen molar-refractivity contribution >= 4 is 34.8 Å². The summed E-state index contributed by atoms with van der Waals surface area (Å²) < 4.78 is 0. The van der Waals surface area contributed by atoms with E-state index in [1.165, 1.54) is 0 Å². The number of hydrogen-bond acceptors (Lipinski definition) is 1. The summed E-state index contributed by atoms with van der Waals surface area (Å²) >= 11 is 17.9. The van der Waals surface area contributed by atoms with Crippen LogP contribution in [-0.4, -0.2) is 0 Å². The van der Waals surface area contributed by atoms with Crippen molar-refractivity contribution in [2.75, 3.05) is 0 Å². The molecule has 2 aromatic rings. The molecule has 94 valence electrons. The Kier molecular flexibility index (Phi) is 4.52. The van der Waals surface area contributed by atoms with Crippen molar-refractivity contribution in [3.63, 3.8) is 0 Å². The largest absolute Gasteiger partial charge is 0.324 e. The molecule has 1 nitrogen and oxygen atoms in total. The Morgan fingerprint density at radius 1 is 0.889 bits per heavy atom. The van der Waals surface area contributed by atoms with Gasteiger partial charge in [0.15, 0.2) is 0 Å². The van der Waals surface area contributed by atoms with Gasteiger partial charge in [0.1, 0.15) is 0 Å². The van der Waals surface area contributed by atoms with Gasteiger partial charge in [-0.3, -0.25) is 0 Å². The Morgan fingerprint density at radius 2 is 1.56 bits per heavy atom. The molecule has 0 heterocycles. The third-order valence-electron chi connectivity index (χ3n) is 2.66. The Hall–Kier alpha value is -0.730. The maximum absolute atomic E-state index is 6.15. The molecule has 0 saturated heterocycles. The highest BCUT2D eigenvalue weighted by Gasteiger charge is 2.09. The van der Waals surface area contributed by atoms with Crippen molar-refractivity contribution < 1.29 is 0 Å². The van der Waals surface area contributed by atoms with E-state index in [1.54, 1.807) is 6.07 Å². The van der Waals surface area contributed by atoms with Crippen LogP contribution in [0.2, 0.25) is 15.1 Å². The standard InChI is InChI=1S/C14H12Cl3N/c15-11-3-1-2-9(4-11)5-14(18)10-6-12(16)8-13(17)7-10/h1-4,6-8,14H,5,18H2. The van der Waals surface area contributed by atoms with E-state index in [0.717, 1.165) is 11.1 Å². The van der Waals surface area contributed by atoms with Gasteiger partial charge in [-0.25, -0.2) is 0 Å². The number of halogens is 3. The average molecular weight is 301 g/mol. The number of nitrogens with two attached hydrogens (primary N) is 1. The minimum absolute atomic E-state index is 0.153. The summed E-state index contributed by atoms with van der Waals surface area (Å²) in [5.74, 6) is 0. The monoisotopic (exact) mass is 299 g/mol. The van der Waals surface area contributed by atoms with Crippen molar-refractivity contribution in [2.45, 2.75) is 12.5 Å². The average Bonchev–Trinajstić information content (AvgIpc) is 2.27. The van der Waals surface area contributed by atoms with E-state index < -0.39 is 0 Å². The number of rotatable bonds is 3. The van der Waals surface area contributed by atoms with E-state index >= 15 is 0 Å². The van der Waals surface area contributed by atoms with Crippen molar-refractivity contribution in [3.05, 3.63) is 68.7 Å². The van der Waals surface area contributed by atoms with Crippen LogP contribution in [-0.2, 0) is 6.42 Å². The summed E-state index contributed by atoms with van der Waals surface area (Å²) in [6, 6.07) is 12.9. The second-order valence-electron chi connectivity index (χ2n) is 4.14. The van der Waals surface area contributed by atoms with Crippen LogP contribution in [0.5, 0.6) is 0 Å². The van der Waals surface area contributed by atoms with E-state index in [4.69, 9.17) is 40.5 Å². The van der Waals surface area contributed by atoms with E-state index in [1.807, 2.05) is 36.4 Å². The maximum atomic E-state index is 6.15. The molecule has 2 rings (SSSR count). The highest BCUT2D eigenvalue weighted by molar-refractivity contribution is 6.34. The molecule has 1 unspecified atom stereocenters. The Labute approximate surface area is 121 Å². The molecule has 0 aliphatic rings.